The summed E-state index contributed by atoms with van der Waals surface area (Å²) in [5.74, 6) is 0.624. The number of aromatic nitrogens is 2. The molecule has 1 unspecified atom stereocenters. The van der Waals surface area contributed by atoms with Gasteiger partial charge in [-0.15, -0.1) is 0 Å². The van der Waals surface area contributed by atoms with Crippen molar-refractivity contribution in [1.29, 1.82) is 0 Å². The van der Waals surface area contributed by atoms with Crippen molar-refractivity contribution in [2.75, 3.05) is 24.2 Å². The Morgan fingerprint density at radius 3 is 2.84 bits per heavy atom. The van der Waals surface area contributed by atoms with E-state index < -0.39 is 6.04 Å². The zero-order valence-electron chi connectivity index (χ0n) is 11.6. The minimum absolute atomic E-state index is 0.114. The van der Waals surface area contributed by atoms with Crippen LogP contribution in [-0.2, 0) is 4.79 Å². The Hall–Kier alpha value is -2.05. The van der Waals surface area contributed by atoms with Crippen molar-refractivity contribution in [2.45, 2.75) is 33.2 Å². The molecule has 1 atom stereocenters. The SMILES string of the molecule is CCCOc1ncnc(NC(C)C(=O)NCC)c1N. The molecule has 19 heavy (non-hydrogen) atoms. The molecule has 7 nitrogen and oxygen atoms in total. The van der Waals surface area contributed by atoms with E-state index in [1.165, 1.54) is 6.33 Å². The highest BCUT2D eigenvalue weighted by Crippen LogP contribution is 2.25. The topological polar surface area (TPSA) is 102 Å². The molecule has 0 aliphatic heterocycles. The molecule has 4 N–H and O–H groups in total. The van der Waals surface area contributed by atoms with Crippen molar-refractivity contribution in [3.63, 3.8) is 0 Å². The lowest BCUT2D eigenvalue weighted by Crippen LogP contribution is -2.37. The fraction of sp³-hybridized carbons (Fsp3) is 0.583. The molecule has 7 heteroatoms. The third-order valence-electron chi connectivity index (χ3n) is 2.39. The minimum Gasteiger partial charge on any atom is -0.476 e. The van der Waals surface area contributed by atoms with Gasteiger partial charge in [-0.25, -0.2) is 4.98 Å². The number of nitrogens with zero attached hydrogens (tertiary/aromatic N) is 2. The lowest BCUT2D eigenvalue weighted by atomic mass is 10.3. The monoisotopic (exact) mass is 267 g/mol. The molecule has 0 saturated heterocycles. The molecule has 0 bridgehead atoms. The van der Waals surface area contributed by atoms with Gasteiger partial charge in [0, 0.05) is 6.54 Å². The van der Waals surface area contributed by atoms with Crippen LogP contribution in [0.2, 0.25) is 0 Å². The fourth-order valence-corrected chi connectivity index (χ4v) is 1.41. The fourth-order valence-electron chi connectivity index (χ4n) is 1.41. The van der Waals surface area contributed by atoms with Crippen LogP contribution >= 0.6 is 0 Å². The Labute approximate surface area is 113 Å². The molecule has 1 rings (SSSR count). The quantitative estimate of drug-likeness (QED) is 0.675. The highest BCUT2D eigenvalue weighted by Gasteiger charge is 2.15. The maximum atomic E-state index is 11.6. The van der Waals surface area contributed by atoms with Gasteiger partial charge < -0.3 is 21.1 Å². The molecule has 0 fully saturated rings. The molecule has 0 aliphatic rings. The maximum Gasteiger partial charge on any atom is 0.242 e. The Morgan fingerprint density at radius 1 is 1.47 bits per heavy atom. The normalized spacial score (nSPS) is 11.7. The molecule has 1 aromatic heterocycles. The molecular formula is C12H21N5O2. The number of carbonyl (C=O) groups is 1. The number of rotatable bonds is 7. The van der Waals surface area contributed by atoms with Gasteiger partial charge in [0.05, 0.1) is 6.61 Å². The number of likely N-dealkylation sites (N-methyl/N-ethyl adjacent to an activating group) is 1. The summed E-state index contributed by atoms with van der Waals surface area (Å²) in [5.41, 5.74) is 6.21. The number of nitrogens with one attached hydrogen (secondary N) is 2. The zero-order chi connectivity index (χ0) is 14.3. The van der Waals surface area contributed by atoms with Crippen molar-refractivity contribution in [2.24, 2.45) is 0 Å². The van der Waals surface area contributed by atoms with Gasteiger partial charge in [-0.05, 0) is 20.3 Å². The first-order valence-corrected chi connectivity index (χ1v) is 6.37. The van der Waals surface area contributed by atoms with E-state index in [4.69, 9.17) is 10.5 Å². The number of hydrogen-bond acceptors (Lipinski definition) is 6. The van der Waals surface area contributed by atoms with Crippen LogP contribution in [-0.4, -0.2) is 35.1 Å². The molecule has 1 amide bonds. The zero-order valence-corrected chi connectivity index (χ0v) is 11.6. The number of carbonyl (C=O) groups excluding carboxylic acids is 1. The predicted molar refractivity (Wildman–Crippen MR) is 74.0 cm³/mol. The third-order valence-corrected chi connectivity index (χ3v) is 2.39. The van der Waals surface area contributed by atoms with E-state index in [2.05, 4.69) is 20.6 Å². The molecule has 1 heterocycles. The van der Waals surface area contributed by atoms with Gasteiger partial charge in [-0.3, -0.25) is 4.79 Å². The summed E-state index contributed by atoms with van der Waals surface area (Å²) in [5, 5.41) is 5.66. The first-order valence-electron chi connectivity index (χ1n) is 6.37. The van der Waals surface area contributed by atoms with Crippen molar-refractivity contribution in [1.82, 2.24) is 15.3 Å². The van der Waals surface area contributed by atoms with Crippen LogP contribution in [0.3, 0.4) is 0 Å². The van der Waals surface area contributed by atoms with Gasteiger partial charge in [0.15, 0.2) is 5.82 Å². The standard InChI is InChI=1S/C12H21N5O2/c1-4-6-19-12-9(13)10(15-7-16-12)17-8(3)11(18)14-5-2/h7-8H,4-6,13H2,1-3H3,(H,14,18)(H,15,16,17). The van der Waals surface area contributed by atoms with Crippen LogP contribution in [0.4, 0.5) is 11.5 Å². The highest BCUT2D eigenvalue weighted by atomic mass is 16.5. The average Bonchev–Trinajstić information content (AvgIpc) is 2.40. The first-order chi connectivity index (χ1) is 9.10. The Kier molecular flexibility index (Phi) is 5.84. The second kappa shape index (κ2) is 7.40. The van der Waals surface area contributed by atoms with Crippen LogP contribution in [0.5, 0.6) is 5.88 Å². The summed E-state index contributed by atoms with van der Waals surface area (Å²) in [6.45, 7) is 6.70. The number of hydrogen-bond donors (Lipinski definition) is 3. The predicted octanol–water partition coefficient (Wildman–Crippen LogP) is 0.784. The van der Waals surface area contributed by atoms with Gasteiger partial charge in [-0.1, -0.05) is 6.92 Å². The Morgan fingerprint density at radius 2 is 2.21 bits per heavy atom. The Balaban J connectivity index is 2.75. The smallest absolute Gasteiger partial charge is 0.242 e. The summed E-state index contributed by atoms with van der Waals surface area (Å²) in [6, 6.07) is -0.434. The number of nitrogen functional groups attached to an aromatic ring is 1. The van der Waals surface area contributed by atoms with Crippen molar-refractivity contribution in [3.8, 4) is 5.88 Å². The summed E-state index contributed by atoms with van der Waals surface area (Å²) in [7, 11) is 0. The first kappa shape index (κ1) is 15.0. The van der Waals surface area contributed by atoms with E-state index in [0.29, 0.717) is 30.5 Å². The lowest BCUT2D eigenvalue weighted by molar-refractivity contribution is -0.121. The summed E-state index contributed by atoms with van der Waals surface area (Å²) < 4.78 is 5.40. The molecule has 0 radical (unpaired) electrons. The molecule has 106 valence electrons. The van der Waals surface area contributed by atoms with Gasteiger partial charge in [-0.2, -0.15) is 4.98 Å². The maximum absolute atomic E-state index is 11.6. The number of nitrogens with two attached hydrogens (primary N) is 1. The van der Waals surface area contributed by atoms with Gasteiger partial charge in [0.1, 0.15) is 18.1 Å². The van der Waals surface area contributed by atoms with E-state index in [9.17, 15) is 4.79 Å². The van der Waals surface area contributed by atoms with Crippen LogP contribution < -0.4 is 21.1 Å². The van der Waals surface area contributed by atoms with Gasteiger partial charge in [0.25, 0.3) is 0 Å². The molecule has 0 aliphatic carbocycles. The number of anilines is 2. The number of amides is 1. The van der Waals surface area contributed by atoms with E-state index in [1.54, 1.807) is 6.92 Å². The molecule has 0 aromatic carbocycles. The molecule has 1 aromatic rings. The second-order valence-corrected chi connectivity index (χ2v) is 4.05. The molecule has 0 spiro atoms. The summed E-state index contributed by atoms with van der Waals surface area (Å²) >= 11 is 0. The molecular weight excluding hydrogens is 246 g/mol. The summed E-state index contributed by atoms with van der Waals surface area (Å²) in [4.78, 5) is 19.6. The highest BCUT2D eigenvalue weighted by molar-refractivity contribution is 5.85. The van der Waals surface area contributed by atoms with E-state index >= 15 is 0 Å². The average molecular weight is 267 g/mol. The Bertz CT molecular complexity index is 425. The van der Waals surface area contributed by atoms with Crippen molar-refractivity contribution < 1.29 is 9.53 Å². The minimum atomic E-state index is -0.434. The molecule has 0 saturated carbocycles. The van der Waals surface area contributed by atoms with Crippen LogP contribution in [0.25, 0.3) is 0 Å². The van der Waals surface area contributed by atoms with Crippen LogP contribution in [0.15, 0.2) is 6.33 Å². The van der Waals surface area contributed by atoms with Crippen molar-refractivity contribution in [3.05, 3.63) is 6.33 Å². The largest absolute Gasteiger partial charge is 0.476 e. The second-order valence-electron chi connectivity index (χ2n) is 4.05. The van der Waals surface area contributed by atoms with Crippen LogP contribution in [0, 0.1) is 0 Å². The van der Waals surface area contributed by atoms with Gasteiger partial charge >= 0.3 is 0 Å². The van der Waals surface area contributed by atoms with E-state index in [1.807, 2.05) is 13.8 Å². The van der Waals surface area contributed by atoms with Crippen molar-refractivity contribution >= 4 is 17.4 Å². The van der Waals surface area contributed by atoms with Gasteiger partial charge in [0.2, 0.25) is 11.8 Å². The third kappa shape index (κ3) is 4.27. The lowest BCUT2D eigenvalue weighted by Gasteiger charge is -2.16. The van der Waals surface area contributed by atoms with E-state index in [0.717, 1.165) is 6.42 Å². The van der Waals surface area contributed by atoms with Crippen LogP contribution in [0.1, 0.15) is 27.2 Å². The number of ether oxygens (including phenoxy) is 1. The van der Waals surface area contributed by atoms with E-state index in [-0.39, 0.29) is 5.91 Å². The summed E-state index contributed by atoms with van der Waals surface area (Å²) in [6.07, 6.45) is 2.22.